The van der Waals surface area contributed by atoms with Crippen LogP contribution in [0.25, 0.3) is 10.9 Å². The number of anilines is 2. The largest absolute Gasteiger partial charge is 0.477 e. The van der Waals surface area contributed by atoms with Crippen molar-refractivity contribution in [1.82, 2.24) is 24.5 Å². The normalized spacial score (nSPS) is 17.2. The number of carboxylic acids is 1. The molecule has 2 aromatic carbocycles. The van der Waals surface area contributed by atoms with E-state index >= 15 is 4.39 Å². The van der Waals surface area contributed by atoms with E-state index in [0.717, 1.165) is 18.9 Å². The molecule has 1 N–H and O–H groups in total. The zero-order valence-electron chi connectivity index (χ0n) is 24.8. The molecule has 14 nitrogen and oxygen atoms in total. The SMILES string of the molecule is CO/N=C1/C(=O)N(Cc2cn(CC(=O)N3CCN(c4cc5c(cc4F)c(=O)c(C(=O)O)cn5C4CC4)CC3)nn2)c2ccccc21. The minimum atomic E-state index is -1.34. The van der Waals surface area contributed by atoms with Gasteiger partial charge in [-0.2, -0.15) is 0 Å². The molecule has 1 saturated carbocycles. The van der Waals surface area contributed by atoms with Crippen LogP contribution in [0.2, 0.25) is 0 Å². The Balaban J connectivity index is 1.01. The summed E-state index contributed by atoms with van der Waals surface area (Å²) in [7, 11) is 1.38. The Kier molecular flexibility index (Phi) is 7.22. The maximum absolute atomic E-state index is 15.3. The number of hydrogen-bond acceptors (Lipinski definition) is 9. The van der Waals surface area contributed by atoms with Gasteiger partial charge in [0.1, 0.15) is 30.7 Å². The maximum Gasteiger partial charge on any atom is 0.341 e. The molecule has 2 aliphatic heterocycles. The number of oxime groups is 1. The fourth-order valence-corrected chi connectivity index (χ4v) is 6.09. The molecule has 0 unspecified atom stereocenters. The summed E-state index contributed by atoms with van der Waals surface area (Å²) in [5, 5.41) is 21.7. The molecule has 15 heteroatoms. The summed E-state index contributed by atoms with van der Waals surface area (Å²) in [6.07, 6.45) is 4.68. The average molecular weight is 629 g/mol. The lowest BCUT2D eigenvalue weighted by Gasteiger charge is -2.36. The van der Waals surface area contributed by atoms with Gasteiger partial charge in [-0.25, -0.2) is 13.9 Å². The van der Waals surface area contributed by atoms with Gasteiger partial charge in [-0.05, 0) is 31.0 Å². The van der Waals surface area contributed by atoms with Gasteiger partial charge in [-0.1, -0.05) is 28.6 Å². The molecule has 2 aromatic heterocycles. The van der Waals surface area contributed by atoms with Gasteiger partial charge in [0, 0.05) is 49.4 Å². The lowest BCUT2D eigenvalue weighted by molar-refractivity contribution is -0.132. The third-order valence-corrected chi connectivity index (χ3v) is 8.53. The Morgan fingerprint density at radius 1 is 1.07 bits per heavy atom. The summed E-state index contributed by atoms with van der Waals surface area (Å²) in [6.45, 7) is 1.48. The lowest BCUT2D eigenvalue weighted by Crippen LogP contribution is -2.50. The van der Waals surface area contributed by atoms with Crippen molar-refractivity contribution >= 4 is 45.8 Å². The quantitative estimate of drug-likeness (QED) is 0.289. The van der Waals surface area contributed by atoms with Crippen molar-refractivity contribution in [2.75, 3.05) is 43.1 Å². The fourth-order valence-electron chi connectivity index (χ4n) is 6.09. The number of halogens is 1. The summed E-state index contributed by atoms with van der Waals surface area (Å²) in [4.78, 5) is 60.5. The van der Waals surface area contributed by atoms with Crippen LogP contribution in [-0.2, 0) is 27.5 Å². The molecule has 0 atom stereocenters. The van der Waals surface area contributed by atoms with Crippen molar-refractivity contribution in [2.24, 2.45) is 5.16 Å². The molecule has 3 aliphatic rings. The van der Waals surface area contributed by atoms with Crippen LogP contribution in [0.1, 0.15) is 40.5 Å². The van der Waals surface area contributed by atoms with Gasteiger partial charge < -0.3 is 29.2 Å². The number of carboxylic acid groups (broad SMARTS) is 1. The topological polar surface area (TPSA) is 155 Å². The summed E-state index contributed by atoms with van der Waals surface area (Å²) in [5.41, 5.74) is 1.74. The van der Waals surface area contributed by atoms with E-state index < -0.39 is 17.2 Å². The van der Waals surface area contributed by atoms with Crippen molar-refractivity contribution in [3.8, 4) is 0 Å². The minimum Gasteiger partial charge on any atom is -0.477 e. The second kappa shape index (κ2) is 11.4. The molecule has 1 saturated heterocycles. The van der Waals surface area contributed by atoms with Crippen molar-refractivity contribution in [3.05, 3.63) is 81.7 Å². The number of rotatable bonds is 8. The average Bonchev–Trinajstić information content (AvgIpc) is 3.75. The molecule has 46 heavy (non-hydrogen) atoms. The molecular formula is C31H29FN8O6. The Hall–Kier alpha value is -5.60. The number of benzene rings is 2. The van der Waals surface area contributed by atoms with E-state index in [4.69, 9.17) is 4.84 Å². The number of amides is 2. The van der Waals surface area contributed by atoms with Crippen molar-refractivity contribution in [2.45, 2.75) is 32.0 Å². The first-order valence-electron chi connectivity index (χ1n) is 14.8. The van der Waals surface area contributed by atoms with E-state index in [9.17, 15) is 24.3 Å². The highest BCUT2D eigenvalue weighted by molar-refractivity contribution is 6.54. The van der Waals surface area contributed by atoms with Gasteiger partial charge in [-0.3, -0.25) is 14.4 Å². The van der Waals surface area contributed by atoms with Crippen LogP contribution in [-0.4, -0.2) is 86.4 Å². The van der Waals surface area contributed by atoms with Crippen LogP contribution in [0, 0.1) is 5.82 Å². The number of aromatic carboxylic acids is 1. The molecule has 0 bridgehead atoms. The molecule has 4 heterocycles. The zero-order valence-corrected chi connectivity index (χ0v) is 24.8. The molecule has 2 amide bonds. The Bertz CT molecular complexity index is 1990. The molecule has 1 aliphatic carbocycles. The van der Waals surface area contributed by atoms with Gasteiger partial charge in [0.25, 0.3) is 5.91 Å². The van der Waals surface area contributed by atoms with Crippen LogP contribution < -0.4 is 15.2 Å². The lowest BCUT2D eigenvalue weighted by atomic mass is 10.1. The van der Waals surface area contributed by atoms with Gasteiger partial charge in [0.15, 0.2) is 5.71 Å². The second-order valence-corrected chi connectivity index (χ2v) is 11.4. The molecule has 236 valence electrons. The first-order valence-corrected chi connectivity index (χ1v) is 14.8. The van der Waals surface area contributed by atoms with E-state index in [-0.39, 0.29) is 47.6 Å². The zero-order chi connectivity index (χ0) is 32.1. The summed E-state index contributed by atoms with van der Waals surface area (Å²) < 4.78 is 18.5. The van der Waals surface area contributed by atoms with E-state index in [1.807, 2.05) is 23.1 Å². The smallest absolute Gasteiger partial charge is 0.341 e. The number of pyridine rings is 1. The Morgan fingerprint density at radius 3 is 2.54 bits per heavy atom. The van der Waals surface area contributed by atoms with E-state index in [2.05, 4.69) is 15.5 Å². The van der Waals surface area contributed by atoms with Gasteiger partial charge in [0.05, 0.1) is 29.6 Å². The van der Waals surface area contributed by atoms with Crippen LogP contribution in [0.4, 0.5) is 15.8 Å². The van der Waals surface area contributed by atoms with Crippen molar-refractivity contribution in [1.29, 1.82) is 0 Å². The Labute approximate surface area is 260 Å². The third kappa shape index (κ3) is 5.12. The van der Waals surface area contributed by atoms with Crippen molar-refractivity contribution in [3.63, 3.8) is 0 Å². The second-order valence-electron chi connectivity index (χ2n) is 11.4. The molecule has 4 aromatic rings. The van der Waals surface area contributed by atoms with Gasteiger partial charge >= 0.3 is 5.97 Å². The molecule has 0 spiro atoms. The molecular weight excluding hydrogens is 599 g/mol. The number of hydrogen-bond donors (Lipinski definition) is 1. The number of aromatic nitrogens is 4. The number of carbonyl (C=O) groups excluding carboxylic acids is 2. The highest BCUT2D eigenvalue weighted by Crippen LogP contribution is 2.38. The standard InChI is InChI=1S/C31H29FN8O6/c1-46-34-28-20-4-2-3-5-24(20)40(30(28)43)15-18-14-38(35-33-18)17-27(41)37-10-8-36(9-11-37)26-13-25-21(12-23(26)32)29(42)22(31(44)45)16-39(25)19-6-7-19/h2-5,12-14,16,19H,6-11,15,17H2,1H3,(H,44,45)/b34-28+. The molecule has 0 radical (unpaired) electrons. The molecule has 7 rings (SSSR count). The first kappa shape index (κ1) is 29.1. The minimum absolute atomic E-state index is 0.0379. The Morgan fingerprint density at radius 2 is 1.83 bits per heavy atom. The number of para-hydroxylation sites is 1. The predicted octanol–water partition coefficient (Wildman–Crippen LogP) is 2.01. The third-order valence-electron chi connectivity index (χ3n) is 8.53. The molecule has 2 fully saturated rings. The van der Waals surface area contributed by atoms with Gasteiger partial charge in [-0.15, -0.1) is 5.10 Å². The van der Waals surface area contributed by atoms with E-state index in [1.54, 1.807) is 27.8 Å². The number of carbonyl (C=O) groups is 3. The number of piperazine rings is 1. The summed E-state index contributed by atoms with van der Waals surface area (Å²) in [5.74, 6) is -2.47. The summed E-state index contributed by atoms with van der Waals surface area (Å²) >= 11 is 0. The maximum atomic E-state index is 15.3. The van der Waals surface area contributed by atoms with E-state index in [1.165, 1.54) is 22.9 Å². The monoisotopic (exact) mass is 628 g/mol. The van der Waals surface area contributed by atoms with Gasteiger partial charge in [0.2, 0.25) is 11.3 Å². The van der Waals surface area contributed by atoms with Crippen LogP contribution in [0.3, 0.4) is 0 Å². The van der Waals surface area contributed by atoms with Crippen LogP contribution in [0.5, 0.6) is 0 Å². The highest BCUT2D eigenvalue weighted by atomic mass is 19.1. The van der Waals surface area contributed by atoms with Crippen LogP contribution >= 0.6 is 0 Å². The van der Waals surface area contributed by atoms with E-state index in [0.29, 0.717) is 54.3 Å². The fraction of sp³-hybridized carbons (Fsp3) is 0.323. The highest BCUT2D eigenvalue weighted by Gasteiger charge is 2.35. The number of fused-ring (bicyclic) bond motifs is 2. The summed E-state index contributed by atoms with van der Waals surface area (Å²) in [6, 6.07) is 10.0. The van der Waals surface area contributed by atoms with Crippen molar-refractivity contribution < 1.29 is 28.7 Å². The van der Waals surface area contributed by atoms with Crippen LogP contribution in [0.15, 0.2) is 58.7 Å². The first-order chi connectivity index (χ1) is 22.2. The predicted molar refractivity (Wildman–Crippen MR) is 163 cm³/mol. The number of nitrogens with zero attached hydrogens (tertiary/aromatic N) is 8.